The third-order valence-corrected chi connectivity index (χ3v) is 4.39. The molecule has 0 unspecified atom stereocenters. The van der Waals surface area contributed by atoms with Gasteiger partial charge in [-0.2, -0.15) is 0 Å². The number of ether oxygens (including phenoxy) is 1. The van der Waals surface area contributed by atoms with E-state index >= 15 is 0 Å². The summed E-state index contributed by atoms with van der Waals surface area (Å²) in [6, 6.07) is 4.76. The Morgan fingerprint density at radius 1 is 1.21 bits per heavy atom. The van der Waals surface area contributed by atoms with Crippen LogP contribution in [0.1, 0.15) is 6.92 Å². The molecular weight excluding hydrogens is 353 g/mol. The van der Waals surface area contributed by atoms with Crippen LogP contribution in [0, 0.1) is 0 Å². The van der Waals surface area contributed by atoms with Gasteiger partial charge >= 0.3 is 0 Å². The number of halogens is 2. The molecule has 1 saturated heterocycles. The van der Waals surface area contributed by atoms with Gasteiger partial charge in [0, 0.05) is 31.2 Å². The Labute approximate surface area is 151 Å². The smallest absolute Gasteiger partial charge is 0.258 e. The molecule has 0 bridgehead atoms. The van der Waals surface area contributed by atoms with Crippen molar-refractivity contribution < 1.29 is 14.3 Å². The van der Waals surface area contributed by atoms with Crippen molar-refractivity contribution in [3.8, 4) is 5.75 Å². The molecule has 1 N–H and O–H groups in total. The van der Waals surface area contributed by atoms with Gasteiger partial charge in [0.25, 0.3) is 5.91 Å². The van der Waals surface area contributed by atoms with Gasteiger partial charge in [0.15, 0.2) is 6.61 Å². The van der Waals surface area contributed by atoms with Gasteiger partial charge in [-0.3, -0.25) is 9.59 Å². The lowest BCUT2D eigenvalue weighted by Crippen LogP contribution is -2.51. The first kappa shape index (κ1) is 18.8. The molecule has 0 spiro atoms. The topological polar surface area (TPSA) is 61.9 Å². The van der Waals surface area contributed by atoms with Crippen LogP contribution in [0.25, 0.3) is 0 Å². The second kappa shape index (κ2) is 9.11. The number of carbonyl (C=O) groups excluding carboxylic acids is 2. The molecule has 0 saturated carbocycles. The molecule has 8 heteroatoms. The van der Waals surface area contributed by atoms with Crippen molar-refractivity contribution >= 4 is 35.0 Å². The van der Waals surface area contributed by atoms with Crippen LogP contribution in [-0.4, -0.2) is 67.5 Å². The number of nitrogens with zero attached hydrogens (tertiary/aromatic N) is 2. The maximum atomic E-state index is 12.1. The quantitative estimate of drug-likeness (QED) is 0.823. The molecular formula is C16H21Cl2N3O3. The van der Waals surface area contributed by atoms with E-state index in [1.54, 1.807) is 17.0 Å². The van der Waals surface area contributed by atoms with E-state index in [1.807, 2.05) is 0 Å². The summed E-state index contributed by atoms with van der Waals surface area (Å²) in [4.78, 5) is 27.9. The normalized spacial score (nSPS) is 15.2. The Balaban J connectivity index is 1.70. The molecule has 0 aromatic heterocycles. The fourth-order valence-corrected chi connectivity index (χ4v) is 2.85. The summed E-state index contributed by atoms with van der Waals surface area (Å²) in [7, 11) is 0. The fourth-order valence-electron chi connectivity index (χ4n) is 2.39. The van der Waals surface area contributed by atoms with Gasteiger partial charge in [-0.05, 0) is 24.7 Å². The molecule has 0 aliphatic carbocycles. The van der Waals surface area contributed by atoms with Gasteiger partial charge in [-0.1, -0.05) is 30.1 Å². The lowest BCUT2D eigenvalue weighted by molar-refractivity contribution is -0.134. The summed E-state index contributed by atoms with van der Waals surface area (Å²) in [5.41, 5.74) is 0. The number of hydrogen-bond acceptors (Lipinski definition) is 4. The van der Waals surface area contributed by atoms with E-state index in [2.05, 4.69) is 17.1 Å². The summed E-state index contributed by atoms with van der Waals surface area (Å²) in [6.45, 7) is 5.98. The number of nitrogens with one attached hydrogen (secondary N) is 1. The van der Waals surface area contributed by atoms with Crippen molar-refractivity contribution in [2.45, 2.75) is 6.92 Å². The van der Waals surface area contributed by atoms with Crippen molar-refractivity contribution in [2.75, 3.05) is 45.9 Å². The van der Waals surface area contributed by atoms with Crippen molar-refractivity contribution in [3.63, 3.8) is 0 Å². The Morgan fingerprint density at radius 2 is 1.92 bits per heavy atom. The monoisotopic (exact) mass is 373 g/mol. The zero-order valence-corrected chi connectivity index (χ0v) is 15.1. The van der Waals surface area contributed by atoms with E-state index in [-0.39, 0.29) is 25.0 Å². The SMILES string of the molecule is CCN1CCN(C(=O)CNC(=O)COc2ccc(Cl)cc2Cl)CC1. The summed E-state index contributed by atoms with van der Waals surface area (Å²) in [5.74, 6) is -0.0802. The van der Waals surface area contributed by atoms with Crippen LogP contribution < -0.4 is 10.1 Å². The number of hydrogen-bond donors (Lipinski definition) is 1. The lowest BCUT2D eigenvalue weighted by Gasteiger charge is -2.34. The molecule has 132 valence electrons. The first-order valence-electron chi connectivity index (χ1n) is 7.84. The molecule has 0 radical (unpaired) electrons. The minimum Gasteiger partial charge on any atom is -0.482 e. The molecule has 24 heavy (non-hydrogen) atoms. The highest BCUT2D eigenvalue weighted by Crippen LogP contribution is 2.27. The van der Waals surface area contributed by atoms with Crippen LogP contribution in [0.15, 0.2) is 18.2 Å². The van der Waals surface area contributed by atoms with Gasteiger partial charge in [-0.25, -0.2) is 0 Å². The highest BCUT2D eigenvalue weighted by molar-refractivity contribution is 6.35. The maximum Gasteiger partial charge on any atom is 0.258 e. The van der Waals surface area contributed by atoms with Crippen LogP contribution in [0.2, 0.25) is 10.0 Å². The summed E-state index contributed by atoms with van der Waals surface area (Å²) in [5, 5.41) is 3.39. The Bertz CT molecular complexity index is 590. The standard InChI is InChI=1S/C16H21Cl2N3O3/c1-2-20-5-7-21(8-6-20)16(23)10-19-15(22)11-24-14-4-3-12(17)9-13(14)18/h3-4,9H,2,5-8,10-11H2,1H3,(H,19,22). The second-order valence-electron chi connectivity index (χ2n) is 5.46. The highest BCUT2D eigenvalue weighted by atomic mass is 35.5. The second-order valence-corrected chi connectivity index (χ2v) is 6.30. The average Bonchev–Trinajstić information content (AvgIpc) is 2.59. The van der Waals surface area contributed by atoms with Crippen LogP contribution in [0.5, 0.6) is 5.75 Å². The largest absolute Gasteiger partial charge is 0.482 e. The molecule has 2 amide bonds. The molecule has 6 nitrogen and oxygen atoms in total. The third-order valence-electron chi connectivity index (χ3n) is 3.86. The van der Waals surface area contributed by atoms with Gasteiger partial charge in [0.1, 0.15) is 5.75 Å². The zero-order valence-electron chi connectivity index (χ0n) is 13.6. The number of carbonyl (C=O) groups is 2. The van der Waals surface area contributed by atoms with E-state index < -0.39 is 0 Å². The molecule has 1 aromatic rings. The molecule has 1 aromatic carbocycles. The lowest BCUT2D eigenvalue weighted by atomic mass is 10.3. The minimum absolute atomic E-state index is 0.0251. The van der Waals surface area contributed by atoms with E-state index in [1.165, 1.54) is 6.07 Å². The van der Waals surface area contributed by atoms with Crippen LogP contribution in [-0.2, 0) is 9.59 Å². The molecule has 1 aliphatic heterocycles. The van der Waals surface area contributed by atoms with E-state index in [0.29, 0.717) is 28.9 Å². The van der Waals surface area contributed by atoms with Gasteiger partial charge in [-0.15, -0.1) is 0 Å². The number of likely N-dealkylation sites (N-methyl/N-ethyl adjacent to an activating group) is 1. The Kier molecular flexibility index (Phi) is 7.15. The maximum absolute atomic E-state index is 12.1. The van der Waals surface area contributed by atoms with Crippen LogP contribution >= 0.6 is 23.2 Å². The number of amides is 2. The minimum atomic E-state index is -0.374. The predicted molar refractivity (Wildman–Crippen MR) is 93.7 cm³/mol. The van der Waals surface area contributed by atoms with Gasteiger partial charge in [0.2, 0.25) is 5.91 Å². The third kappa shape index (κ3) is 5.54. The Hall–Kier alpha value is -1.50. The van der Waals surface area contributed by atoms with Crippen LogP contribution in [0.4, 0.5) is 0 Å². The fraction of sp³-hybridized carbons (Fsp3) is 0.500. The number of piperazine rings is 1. The first-order chi connectivity index (χ1) is 11.5. The highest BCUT2D eigenvalue weighted by Gasteiger charge is 2.20. The molecule has 1 fully saturated rings. The first-order valence-corrected chi connectivity index (χ1v) is 8.60. The predicted octanol–water partition coefficient (Wildman–Crippen LogP) is 1.65. The molecule has 1 heterocycles. The Morgan fingerprint density at radius 3 is 2.54 bits per heavy atom. The zero-order chi connectivity index (χ0) is 17.5. The van der Waals surface area contributed by atoms with E-state index in [0.717, 1.165) is 19.6 Å². The summed E-state index contributed by atoms with van der Waals surface area (Å²) >= 11 is 11.8. The van der Waals surface area contributed by atoms with Crippen molar-refractivity contribution in [1.29, 1.82) is 0 Å². The number of benzene rings is 1. The average molecular weight is 374 g/mol. The van der Waals surface area contributed by atoms with Crippen LogP contribution in [0.3, 0.4) is 0 Å². The van der Waals surface area contributed by atoms with Crippen molar-refractivity contribution in [2.24, 2.45) is 0 Å². The van der Waals surface area contributed by atoms with Gasteiger partial charge in [0.05, 0.1) is 11.6 Å². The van der Waals surface area contributed by atoms with Crippen molar-refractivity contribution in [3.05, 3.63) is 28.2 Å². The summed E-state index contributed by atoms with van der Waals surface area (Å²) in [6.07, 6.45) is 0. The number of rotatable bonds is 6. The molecule has 0 atom stereocenters. The van der Waals surface area contributed by atoms with Gasteiger partial charge < -0.3 is 19.9 Å². The molecule has 1 aliphatic rings. The van der Waals surface area contributed by atoms with Crippen molar-refractivity contribution in [1.82, 2.24) is 15.1 Å². The molecule has 2 rings (SSSR count). The van der Waals surface area contributed by atoms with E-state index in [4.69, 9.17) is 27.9 Å². The van der Waals surface area contributed by atoms with E-state index in [9.17, 15) is 9.59 Å². The summed E-state index contributed by atoms with van der Waals surface area (Å²) < 4.78 is 5.33.